The van der Waals surface area contributed by atoms with Crippen molar-refractivity contribution in [2.45, 2.75) is 33.1 Å². The van der Waals surface area contributed by atoms with Gasteiger partial charge in [-0.05, 0) is 19.1 Å². The molecule has 0 aliphatic carbocycles. The molecule has 0 fully saturated rings. The van der Waals surface area contributed by atoms with E-state index in [0.29, 0.717) is 16.7 Å². The molecule has 2 aromatic rings. The Morgan fingerprint density at radius 2 is 1.89 bits per heavy atom. The van der Waals surface area contributed by atoms with Gasteiger partial charge in [0.1, 0.15) is 11.3 Å². The molecule has 0 aliphatic heterocycles. The van der Waals surface area contributed by atoms with Crippen LogP contribution in [0.5, 0.6) is 0 Å². The van der Waals surface area contributed by atoms with Gasteiger partial charge in [0.2, 0.25) is 0 Å². The summed E-state index contributed by atoms with van der Waals surface area (Å²) in [7, 11) is 0. The summed E-state index contributed by atoms with van der Waals surface area (Å²) in [5.74, 6) is -0.573. The molecule has 0 bridgehead atoms. The summed E-state index contributed by atoms with van der Waals surface area (Å²) in [5.41, 5.74) is 0.163. The second-order valence-corrected chi connectivity index (χ2v) is 5.62. The Morgan fingerprint density at radius 1 is 1.26 bits per heavy atom. The predicted molar refractivity (Wildman–Crippen MR) is 72.9 cm³/mol. The van der Waals surface area contributed by atoms with Crippen molar-refractivity contribution in [2.24, 2.45) is 0 Å². The molecule has 0 saturated carbocycles. The number of hydrogen-bond donors (Lipinski definition) is 1. The Hall–Kier alpha value is -2.10. The zero-order valence-corrected chi connectivity index (χ0v) is 11.4. The number of rotatable bonds is 1. The molecule has 4 heteroatoms. The smallest absolute Gasteiger partial charge is 0.339 e. The van der Waals surface area contributed by atoms with Crippen LogP contribution in [-0.2, 0) is 5.41 Å². The van der Waals surface area contributed by atoms with Gasteiger partial charge in [0.15, 0.2) is 11.0 Å². The molecule has 1 aromatic carbocycles. The van der Waals surface area contributed by atoms with Crippen molar-refractivity contribution in [1.82, 2.24) is 0 Å². The van der Waals surface area contributed by atoms with Gasteiger partial charge in [0, 0.05) is 11.0 Å². The van der Waals surface area contributed by atoms with Gasteiger partial charge >= 0.3 is 5.97 Å². The lowest BCUT2D eigenvalue weighted by Gasteiger charge is -2.20. The molecule has 1 aromatic heterocycles. The molecule has 100 valence electrons. The van der Waals surface area contributed by atoms with Crippen LogP contribution >= 0.6 is 0 Å². The highest BCUT2D eigenvalue weighted by atomic mass is 16.4. The maximum atomic E-state index is 12.3. The fourth-order valence-electron chi connectivity index (χ4n) is 2.19. The lowest BCUT2D eigenvalue weighted by molar-refractivity contribution is 0.0697. The lowest BCUT2D eigenvalue weighted by Crippen LogP contribution is -2.20. The zero-order chi connectivity index (χ0) is 14.4. The fourth-order valence-corrected chi connectivity index (χ4v) is 2.19. The quantitative estimate of drug-likeness (QED) is 0.855. The van der Waals surface area contributed by atoms with E-state index < -0.39 is 5.97 Å². The van der Waals surface area contributed by atoms with Gasteiger partial charge in [0.25, 0.3) is 0 Å². The minimum Gasteiger partial charge on any atom is -0.478 e. The summed E-state index contributed by atoms with van der Waals surface area (Å²) in [6.07, 6.45) is 0. The van der Waals surface area contributed by atoms with E-state index >= 15 is 0 Å². The van der Waals surface area contributed by atoms with Gasteiger partial charge in [-0.2, -0.15) is 0 Å². The third kappa shape index (κ3) is 2.14. The van der Waals surface area contributed by atoms with Crippen molar-refractivity contribution in [3.63, 3.8) is 0 Å². The third-order valence-electron chi connectivity index (χ3n) is 3.06. The van der Waals surface area contributed by atoms with Crippen molar-refractivity contribution in [1.29, 1.82) is 0 Å². The van der Waals surface area contributed by atoms with Crippen molar-refractivity contribution < 1.29 is 14.3 Å². The number of aromatic carboxylic acids is 1. The summed E-state index contributed by atoms with van der Waals surface area (Å²) in [6.45, 7) is 7.48. The minimum absolute atomic E-state index is 0.0140. The number of para-hydroxylation sites is 1. The van der Waals surface area contributed by atoms with E-state index in [4.69, 9.17) is 4.42 Å². The van der Waals surface area contributed by atoms with E-state index in [1.54, 1.807) is 19.1 Å². The van der Waals surface area contributed by atoms with E-state index in [1.165, 1.54) is 6.07 Å². The largest absolute Gasteiger partial charge is 0.478 e. The first-order chi connectivity index (χ1) is 8.73. The van der Waals surface area contributed by atoms with E-state index in [9.17, 15) is 14.7 Å². The average Bonchev–Trinajstić information content (AvgIpc) is 2.31. The van der Waals surface area contributed by atoms with Crippen LogP contribution in [0.2, 0.25) is 0 Å². The Labute approximate surface area is 110 Å². The number of carboxylic acids is 1. The number of benzene rings is 1. The SMILES string of the molecule is Cc1c(C(C)(C)C)oc2c(C(=O)O)cccc2c1=O. The summed E-state index contributed by atoms with van der Waals surface area (Å²) >= 11 is 0. The Balaban J connectivity index is 2.99. The van der Waals surface area contributed by atoms with Gasteiger partial charge in [-0.25, -0.2) is 4.79 Å². The number of fused-ring (bicyclic) bond motifs is 1. The zero-order valence-electron chi connectivity index (χ0n) is 11.4. The monoisotopic (exact) mass is 260 g/mol. The van der Waals surface area contributed by atoms with Crippen LogP contribution in [0.15, 0.2) is 27.4 Å². The molecule has 0 atom stereocenters. The molecule has 0 spiro atoms. The summed E-state index contributed by atoms with van der Waals surface area (Å²) in [6, 6.07) is 4.58. The normalized spacial score (nSPS) is 11.8. The Bertz CT molecular complexity index is 717. The molecule has 2 rings (SSSR count). The first-order valence-electron chi connectivity index (χ1n) is 6.03. The predicted octanol–water partition coefficient (Wildman–Crippen LogP) is 3.10. The molecule has 0 saturated heterocycles. The van der Waals surface area contributed by atoms with Crippen molar-refractivity contribution in [3.8, 4) is 0 Å². The summed E-state index contributed by atoms with van der Waals surface area (Å²) in [5, 5.41) is 9.49. The highest BCUT2D eigenvalue weighted by Crippen LogP contribution is 2.28. The van der Waals surface area contributed by atoms with Crippen molar-refractivity contribution in [3.05, 3.63) is 45.3 Å². The second kappa shape index (κ2) is 4.23. The maximum Gasteiger partial charge on any atom is 0.339 e. The van der Waals surface area contributed by atoms with Crippen molar-refractivity contribution >= 4 is 16.9 Å². The molecule has 0 aliphatic rings. The summed E-state index contributed by atoms with van der Waals surface area (Å²) in [4.78, 5) is 23.5. The van der Waals surface area contributed by atoms with Crippen LogP contribution in [0.25, 0.3) is 11.0 Å². The topological polar surface area (TPSA) is 67.5 Å². The third-order valence-corrected chi connectivity index (χ3v) is 3.06. The maximum absolute atomic E-state index is 12.3. The average molecular weight is 260 g/mol. The van der Waals surface area contributed by atoms with Crippen LogP contribution in [0.4, 0.5) is 0 Å². The molecule has 0 amide bonds. The Morgan fingerprint density at radius 3 is 2.42 bits per heavy atom. The molecule has 1 N–H and O–H groups in total. The van der Waals surface area contributed by atoms with Crippen LogP contribution < -0.4 is 5.43 Å². The molecule has 0 unspecified atom stereocenters. The van der Waals surface area contributed by atoms with Crippen LogP contribution in [0, 0.1) is 6.92 Å². The van der Waals surface area contributed by atoms with Gasteiger partial charge < -0.3 is 9.52 Å². The molecule has 1 heterocycles. The number of carboxylic acid groups (broad SMARTS) is 1. The van der Waals surface area contributed by atoms with E-state index in [0.717, 1.165) is 0 Å². The first kappa shape index (κ1) is 13.3. The lowest BCUT2D eigenvalue weighted by atomic mass is 9.89. The number of carbonyl (C=O) groups is 1. The first-order valence-corrected chi connectivity index (χ1v) is 6.03. The van der Waals surface area contributed by atoms with Crippen molar-refractivity contribution in [2.75, 3.05) is 0 Å². The van der Waals surface area contributed by atoms with Gasteiger partial charge in [0.05, 0.1) is 5.39 Å². The minimum atomic E-state index is -1.10. The van der Waals surface area contributed by atoms with E-state index in [-0.39, 0.29) is 22.0 Å². The van der Waals surface area contributed by atoms with E-state index in [1.807, 2.05) is 20.8 Å². The molecular formula is C15H16O4. The fraction of sp³-hybridized carbons (Fsp3) is 0.333. The van der Waals surface area contributed by atoms with Crippen LogP contribution in [0.1, 0.15) is 42.5 Å². The van der Waals surface area contributed by atoms with Crippen LogP contribution in [0.3, 0.4) is 0 Å². The standard InChI is InChI=1S/C15H16O4/c1-8-11(16)9-6-5-7-10(14(17)18)12(9)19-13(8)15(2,3)4/h5-7H,1-4H3,(H,17,18). The second-order valence-electron chi connectivity index (χ2n) is 5.62. The van der Waals surface area contributed by atoms with E-state index in [2.05, 4.69) is 0 Å². The van der Waals surface area contributed by atoms with Gasteiger partial charge in [-0.1, -0.05) is 26.8 Å². The molecular weight excluding hydrogens is 244 g/mol. The van der Waals surface area contributed by atoms with Gasteiger partial charge in [-0.3, -0.25) is 4.79 Å². The highest BCUT2D eigenvalue weighted by Gasteiger charge is 2.24. The molecule has 0 radical (unpaired) electrons. The summed E-state index contributed by atoms with van der Waals surface area (Å²) < 4.78 is 5.75. The highest BCUT2D eigenvalue weighted by molar-refractivity contribution is 6.00. The molecule has 4 nitrogen and oxygen atoms in total. The number of hydrogen-bond acceptors (Lipinski definition) is 3. The Kier molecular flexibility index (Phi) is 2.97. The van der Waals surface area contributed by atoms with Crippen LogP contribution in [-0.4, -0.2) is 11.1 Å². The van der Waals surface area contributed by atoms with Gasteiger partial charge in [-0.15, -0.1) is 0 Å². The molecule has 19 heavy (non-hydrogen) atoms.